The summed E-state index contributed by atoms with van der Waals surface area (Å²) in [6, 6.07) is 13.6. The molecule has 2 N–H and O–H groups in total. The van der Waals surface area contributed by atoms with E-state index < -0.39 is 5.97 Å². The van der Waals surface area contributed by atoms with E-state index in [1.807, 2.05) is 0 Å². The number of pyridine rings is 1. The zero-order valence-electron chi connectivity index (χ0n) is 10.7. The van der Waals surface area contributed by atoms with Gasteiger partial charge in [-0.25, -0.2) is 9.78 Å². The number of benzene rings is 2. The number of aromatic carboxylic acids is 1. The third-order valence-electron chi connectivity index (χ3n) is 3.21. The van der Waals surface area contributed by atoms with Gasteiger partial charge in [-0.1, -0.05) is 48.0 Å². The molecule has 21 heavy (non-hydrogen) atoms. The molecule has 5 heteroatoms. The second kappa shape index (κ2) is 5.07. The Hall–Kier alpha value is -2.59. The average molecular weight is 300 g/mol. The highest BCUT2D eigenvalue weighted by atomic mass is 35.5. The van der Waals surface area contributed by atoms with E-state index in [9.17, 15) is 15.0 Å². The molecule has 0 spiro atoms. The lowest BCUT2D eigenvalue weighted by Gasteiger charge is -2.11. The zero-order chi connectivity index (χ0) is 15.0. The predicted molar refractivity (Wildman–Crippen MR) is 80.8 cm³/mol. The first-order chi connectivity index (χ1) is 10.1. The predicted octanol–water partition coefficient (Wildman–Crippen LogP) is 3.96. The van der Waals surface area contributed by atoms with Gasteiger partial charge in [-0.2, -0.15) is 0 Å². The molecular formula is C16H10ClNO3. The third kappa shape index (κ3) is 2.19. The maximum atomic E-state index is 11.5. The lowest BCUT2D eigenvalue weighted by atomic mass is 10.0. The second-order valence-electron chi connectivity index (χ2n) is 4.49. The van der Waals surface area contributed by atoms with Crippen molar-refractivity contribution in [2.75, 3.05) is 0 Å². The van der Waals surface area contributed by atoms with Gasteiger partial charge in [0.15, 0.2) is 5.75 Å². The summed E-state index contributed by atoms with van der Waals surface area (Å²) in [7, 11) is 0. The van der Waals surface area contributed by atoms with Gasteiger partial charge < -0.3 is 10.2 Å². The van der Waals surface area contributed by atoms with Gasteiger partial charge in [0, 0.05) is 10.9 Å². The van der Waals surface area contributed by atoms with Crippen molar-refractivity contribution >= 4 is 28.5 Å². The summed E-state index contributed by atoms with van der Waals surface area (Å²) in [5.41, 5.74) is 0.972. The van der Waals surface area contributed by atoms with Crippen LogP contribution in [0.5, 0.6) is 5.75 Å². The lowest BCUT2D eigenvalue weighted by molar-refractivity contribution is 0.0696. The van der Waals surface area contributed by atoms with Crippen LogP contribution in [0.3, 0.4) is 0 Å². The van der Waals surface area contributed by atoms with E-state index in [0.717, 1.165) is 0 Å². The van der Waals surface area contributed by atoms with Crippen molar-refractivity contribution in [1.29, 1.82) is 0 Å². The number of nitrogens with zero attached hydrogens (tertiary/aromatic N) is 1. The molecule has 0 saturated heterocycles. The highest BCUT2D eigenvalue weighted by Crippen LogP contribution is 2.37. The molecule has 0 fully saturated rings. The molecule has 0 radical (unpaired) electrons. The van der Waals surface area contributed by atoms with E-state index >= 15 is 0 Å². The zero-order valence-corrected chi connectivity index (χ0v) is 11.5. The first kappa shape index (κ1) is 13.4. The number of carboxylic acids is 1. The molecule has 3 aromatic rings. The topological polar surface area (TPSA) is 70.4 Å². The number of carboxylic acid groups (broad SMARTS) is 1. The van der Waals surface area contributed by atoms with Crippen molar-refractivity contribution in [3.63, 3.8) is 0 Å². The molecule has 1 aromatic heterocycles. The van der Waals surface area contributed by atoms with Gasteiger partial charge in [0.25, 0.3) is 0 Å². The van der Waals surface area contributed by atoms with Crippen molar-refractivity contribution < 1.29 is 15.0 Å². The van der Waals surface area contributed by atoms with E-state index in [-0.39, 0.29) is 17.0 Å². The largest absolute Gasteiger partial charge is 0.505 e. The maximum Gasteiger partial charge on any atom is 0.340 e. The standard InChI is InChI=1S/C16H10ClNO3/c17-11-7-3-1-5-9(11)14-15(19)13(16(20)21)10-6-2-4-8-12(10)18-14/h1-8,19H,(H,20,21). The summed E-state index contributed by atoms with van der Waals surface area (Å²) in [5.74, 6) is -1.59. The quantitative estimate of drug-likeness (QED) is 0.751. The number of hydrogen-bond donors (Lipinski definition) is 2. The Bertz CT molecular complexity index is 861. The van der Waals surface area contributed by atoms with Gasteiger partial charge in [-0.3, -0.25) is 0 Å². The molecule has 0 bridgehead atoms. The van der Waals surface area contributed by atoms with E-state index in [4.69, 9.17) is 11.6 Å². The molecule has 1 heterocycles. The van der Waals surface area contributed by atoms with Gasteiger partial charge in [0.05, 0.1) is 10.5 Å². The summed E-state index contributed by atoms with van der Waals surface area (Å²) in [6.45, 7) is 0. The Kier molecular flexibility index (Phi) is 3.23. The third-order valence-corrected chi connectivity index (χ3v) is 3.54. The Morgan fingerprint density at radius 3 is 2.43 bits per heavy atom. The van der Waals surface area contributed by atoms with Crippen LogP contribution in [0, 0.1) is 0 Å². The van der Waals surface area contributed by atoms with Crippen LogP contribution in [0.25, 0.3) is 22.2 Å². The molecule has 0 unspecified atom stereocenters. The number of rotatable bonds is 2. The van der Waals surface area contributed by atoms with Crippen LogP contribution in [-0.2, 0) is 0 Å². The molecule has 104 valence electrons. The summed E-state index contributed by atoms with van der Waals surface area (Å²) in [5, 5.41) is 20.5. The van der Waals surface area contributed by atoms with Crippen LogP contribution in [0.15, 0.2) is 48.5 Å². The monoisotopic (exact) mass is 299 g/mol. The number of carbonyl (C=O) groups is 1. The fraction of sp³-hybridized carbons (Fsp3) is 0. The number of hydrogen-bond acceptors (Lipinski definition) is 3. The molecule has 3 rings (SSSR count). The van der Waals surface area contributed by atoms with E-state index in [1.54, 1.807) is 48.5 Å². The number of aromatic hydroxyl groups is 1. The van der Waals surface area contributed by atoms with Crippen LogP contribution < -0.4 is 0 Å². The molecule has 0 atom stereocenters. The molecule has 0 aliphatic carbocycles. The number of aromatic nitrogens is 1. The highest BCUT2D eigenvalue weighted by Gasteiger charge is 2.21. The maximum absolute atomic E-state index is 11.5. The molecular weight excluding hydrogens is 290 g/mol. The van der Waals surface area contributed by atoms with E-state index in [0.29, 0.717) is 21.5 Å². The Labute approximate surface area is 125 Å². The number of para-hydroxylation sites is 1. The Morgan fingerprint density at radius 2 is 1.71 bits per heavy atom. The molecule has 4 nitrogen and oxygen atoms in total. The highest BCUT2D eigenvalue weighted by molar-refractivity contribution is 6.33. The van der Waals surface area contributed by atoms with Gasteiger partial charge in [-0.05, 0) is 12.1 Å². The molecule has 0 aliphatic heterocycles. The van der Waals surface area contributed by atoms with Crippen molar-refractivity contribution in [2.24, 2.45) is 0 Å². The van der Waals surface area contributed by atoms with Crippen LogP contribution in [0.4, 0.5) is 0 Å². The minimum atomic E-state index is -1.21. The van der Waals surface area contributed by atoms with Crippen molar-refractivity contribution in [1.82, 2.24) is 4.98 Å². The SMILES string of the molecule is O=C(O)c1c(O)c(-c2ccccc2Cl)nc2ccccc12. The normalized spacial score (nSPS) is 10.7. The summed E-state index contributed by atoms with van der Waals surface area (Å²) < 4.78 is 0. The number of halogens is 1. The van der Waals surface area contributed by atoms with Crippen molar-refractivity contribution in [3.05, 3.63) is 59.1 Å². The van der Waals surface area contributed by atoms with E-state index in [2.05, 4.69) is 4.98 Å². The molecule has 2 aromatic carbocycles. The Balaban J connectivity index is 2.43. The van der Waals surface area contributed by atoms with Gasteiger partial charge in [-0.15, -0.1) is 0 Å². The minimum absolute atomic E-state index is 0.164. The minimum Gasteiger partial charge on any atom is -0.505 e. The fourth-order valence-electron chi connectivity index (χ4n) is 2.26. The van der Waals surface area contributed by atoms with Gasteiger partial charge in [0.2, 0.25) is 0 Å². The Morgan fingerprint density at radius 1 is 1.05 bits per heavy atom. The molecule has 0 aliphatic rings. The first-order valence-electron chi connectivity index (χ1n) is 6.19. The molecule has 0 saturated carbocycles. The van der Waals surface area contributed by atoms with Crippen LogP contribution >= 0.6 is 11.6 Å². The van der Waals surface area contributed by atoms with Crippen molar-refractivity contribution in [3.8, 4) is 17.0 Å². The van der Waals surface area contributed by atoms with Crippen LogP contribution in [0.2, 0.25) is 5.02 Å². The molecule has 0 amide bonds. The fourth-order valence-corrected chi connectivity index (χ4v) is 2.48. The van der Waals surface area contributed by atoms with Gasteiger partial charge >= 0.3 is 5.97 Å². The summed E-state index contributed by atoms with van der Waals surface area (Å²) in [6.07, 6.45) is 0. The first-order valence-corrected chi connectivity index (χ1v) is 6.57. The lowest BCUT2D eigenvalue weighted by Crippen LogP contribution is -2.01. The van der Waals surface area contributed by atoms with Crippen LogP contribution in [0.1, 0.15) is 10.4 Å². The van der Waals surface area contributed by atoms with Crippen LogP contribution in [-0.4, -0.2) is 21.2 Å². The second-order valence-corrected chi connectivity index (χ2v) is 4.89. The van der Waals surface area contributed by atoms with Crippen molar-refractivity contribution in [2.45, 2.75) is 0 Å². The average Bonchev–Trinajstić information content (AvgIpc) is 2.47. The smallest absolute Gasteiger partial charge is 0.340 e. The van der Waals surface area contributed by atoms with E-state index in [1.165, 1.54) is 0 Å². The summed E-state index contributed by atoms with van der Waals surface area (Å²) >= 11 is 6.12. The summed E-state index contributed by atoms with van der Waals surface area (Å²) in [4.78, 5) is 15.8. The number of fused-ring (bicyclic) bond motifs is 1. The van der Waals surface area contributed by atoms with Gasteiger partial charge in [0.1, 0.15) is 11.3 Å².